The van der Waals surface area contributed by atoms with Crippen molar-refractivity contribution in [1.29, 1.82) is 0 Å². The highest BCUT2D eigenvalue weighted by Crippen LogP contribution is 2.23. The van der Waals surface area contributed by atoms with Crippen LogP contribution in [0, 0.1) is 13.8 Å². The first-order valence-corrected chi connectivity index (χ1v) is 5.52. The average Bonchev–Trinajstić information content (AvgIpc) is 2.26. The third-order valence-electron chi connectivity index (χ3n) is 2.55. The normalized spacial score (nSPS) is 10.7. The summed E-state index contributed by atoms with van der Waals surface area (Å²) in [5, 5.41) is 4.51. The lowest BCUT2D eigenvalue weighted by Crippen LogP contribution is -2.13. The Labute approximate surface area is 95.7 Å². The van der Waals surface area contributed by atoms with Gasteiger partial charge in [0, 0.05) is 29.9 Å². The van der Waals surface area contributed by atoms with Crippen molar-refractivity contribution < 1.29 is 0 Å². The van der Waals surface area contributed by atoms with Crippen LogP contribution < -0.4 is 11.1 Å². The predicted octanol–water partition coefficient (Wildman–Crippen LogP) is 2.22. The number of nitrogens with two attached hydrogens (primary N) is 1. The molecule has 0 atom stereocenters. The van der Waals surface area contributed by atoms with Crippen LogP contribution in [0.25, 0.3) is 10.9 Å². The molecule has 0 aliphatic rings. The van der Waals surface area contributed by atoms with E-state index in [1.165, 1.54) is 10.9 Å². The smallest absolute Gasteiger partial charge is 0.0726 e. The van der Waals surface area contributed by atoms with Gasteiger partial charge in [-0.3, -0.25) is 4.98 Å². The zero-order chi connectivity index (χ0) is 11.5. The van der Waals surface area contributed by atoms with E-state index in [9.17, 15) is 0 Å². The fraction of sp³-hybridized carbons (Fsp3) is 0.308. The molecule has 0 saturated heterocycles. The van der Waals surface area contributed by atoms with Gasteiger partial charge >= 0.3 is 0 Å². The molecule has 0 aliphatic heterocycles. The maximum absolute atomic E-state index is 5.51. The Balaban J connectivity index is 2.55. The topological polar surface area (TPSA) is 50.9 Å². The lowest BCUT2D eigenvalue weighted by molar-refractivity contribution is 1.02. The third kappa shape index (κ3) is 2.14. The molecule has 84 valence electrons. The molecule has 0 amide bonds. The molecule has 0 fully saturated rings. The van der Waals surface area contributed by atoms with Crippen LogP contribution in [0.4, 0.5) is 5.69 Å². The molecule has 2 aromatic rings. The fourth-order valence-electron chi connectivity index (χ4n) is 1.83. The van der Waals surface area contributed by atoms with Crippen molar-refractivity contribution in [3.05, 3.63) is 35.5 Å². The van der Waals surface area contributed by atoms with E-state index in [0.29, 0.717) is 6.54 Å². The molecule has 0 saturated carbocycles. The van der Waals surface area contributed by atoms with E-state index in [0.717, 1.165) is 23.4 Å². The Kier molecular flexibility index (Phi) is 3.06. The first-order valence-electron chi connectivity index (χ1n) is 5.52. The molecule has 0 radical (unpaired) electrons. The van der Waals surface area contributed by atoms with Gasteiger partial charge in [0.15, 0.2) is 0 Å². The Morgan fingerprint density at radius 2 is 2.06 bits per heavy atom. The van der Waals surface area contributed by atoms with Gasteiger partial charge in [0.2, 0.25) is 0 Å². The molecule has 3 N–H and O–H groups in total. The van der Waals surface area contributed by atoms with E-state index in [-0.39, 0.29) is 0 Å². The Bertz CT molecular complexity index is 506. The maximum atomic E-state index is 5.51. The van der Waals surface area contributed by atoms with Gasteiger partial charge < -0.3 is 11.1 Å². The van der Waals surface area contributed by atoms with Gasteiger partial charge in [0.1, 0.15) is 0 Å². The summed E-state index contributed by atoms with van der Waals surface area (Å²) in [4.78, 5) is 4.51. The van der Waals surface area contributed by atoms with Crippen molar-refractivity contribution in [2.24, 2.45) is 5.73 Å². The van der Waals surface area contributed by atoms with Crippen LogP contribution in [-0.4, -0.2) is 18.1 Å². The van der Waals surface area contributed by atoms with Crippen molar-refractivity contribution >= 4 is 16.6 Å². The molecule has 0 bridgehead atoms. The molecule has 2 rings (SSSR count). The zero-order valence-electron chi connectivity index (χ0n) is 9.75. The lowest BCUT2D eigenvalue weighted by atomic mass is 10.1. The number of rotatable bonds is 3. The number of anilines is 1. The van der Waals surface area contributed by atoms with Gasteiger partial charge in [-0.15, -0.1) is 0 Å². The Morgan fingerprint density at radius 1 is 1.25 bits per heavy atom. The first kappa shape index (κ1) is 10.9. The number of fused-ring (bicyclic) bond motifs is 1. The van der Waals surface area contributed by atoms with E-state index in [1.807, 2.05) is 6.92 Å². The molecule has 1 heterocycles. The SMILES string of the molecule is Cc1ccc2nc(C)cc(NCCN)c2c1. The fourth-order valence-corrected chi connectivity index (χ4v) is 1.83. The second kappa shape index (κ2) is 4.49. The van der Waals surface area contributed by atoms with Crippen molar-refractivity contribution in [2.75, 3.05) is 18.4 Å². The van der Waals surface area contributed by atoms with Crippen LogP contribution >= 0.6 is 0 Å². The summed E-state index contributed by atoms with van der Waals surface area (Å²) in [7, 11) is 0. The minimum absolute atomic E-state index is 0.634. The maximum Gasteiger partial charge on any atom is 0.0726 e. The quantitative estimate of drug-likeness (QED) is 0.825. The summed E-state index contributed by atoms with van der Waals surface area (Å²) in [6.07, 6.45) is 0. The van der Waals surface area contributed by atoms with Crippen molar-refractivity contribution in [2.45, 2.75) is 13.8 Å². The van der Waals surface area contributed by atoms with Crippen LogP contribution in [0.5, 0.6) is 0 Å². The van der Waals surface area contributed by atoms with Crippen LogP contribution in [-0.2, 0) is 0 Å². The van der Waals surface area contributed by atoms with E-state index < -0.39 is 0 Å². The van der Waals surface area contributed by atoms with Crippen molar-refractivity contribution in [3.8, 4) is 0 Å². The number of aryl methyl sites for hydroxylation is 2. The highest BCUT2D eigenvalue weighted by Gasteiger charge is 2.03. The van der Waals surface area contributed by atoms with Crippen molar-refractivity contribution in [1.82, 2.24) is 4.98 Å². The van der Waals surface area contributed by atoms with E-state index in [2.05, 4.69) is 41.5 Å². The number of benzene rings is 1. The molecular formula is C13H17N3. The minimum Gasteiger partial charge on any atom is -0.383 e. The minimum atomic E-state index is 0.634. The van der Waals surface area contributed by atoms with E-state index in [1.54, 1.807) is 0 Å². The lowest BCUT2D eigenvalue weighted by Gasteiger charge is -2.10. The average molecular weight is 215 g/mol. The summed E-state index contributed by atoms with van der Waals surface area (Å²) in [6.45, 7) is 5.51. The largest absolute Gasteiger partial charge is 0.383 e. The summed E-state index contributed by atoms with van der Waals surface area (Å²) < 4.78 is 0. The third-order valence-corrected chi connectivity index (χ3v) is 2.55. The monoisotopic (exact) mass is 215 g/mol. The zero-order valence-corrected chi connectivity index (χ0v) is 9.75. The van der Waals surface area contributed by atoms with Crippen LogP contribution in [0.3, 0.4) is 0 Å². The number of aromatic nitrogens is 1. The highest BCUT2D eigenvalue weighted by molar-refractivity contribution is 5.91. The molecule has 0 unspecified atom stereocenters. The summed E-state index contributed by atoms with van der Waals surface area (Å²) in [6, 6.07) is 8.37. The van der Waals surface area contributed by atoms with Crippen molar-refractivity contribution in [3.63, 3.8) is 0 Å². The number of hydrogen-bond acceptors (Lipinski definition) is 3. The second-order valence-corrected chi connectivity index (χ2v) is 4.05. The molecule has 1 aromatic carbocycles. The molecule has 1 aromatic heterocycles. The molecule has 3 heteroatoms. The van der Waals surface area contributed by atoms with Crippen LogP contribution in [0.1, 0.15) is 11.3 Å². The van der Waals surface area contributed by atoms with Crippen LogP contribution in [0.2, 0.25) is 0 Å². The molecule has 0 spiro atoms. The van der Waals surface area contributed by atoms with Gasteiger partial charge in [0.25, 0.3) is 0 Å². The summed E-state index contributed by atoms with van der Waals surface area (Å²) >= 11 is 0. The second-order valence-electron chi connectivity index (χ2n) is 4.05. The number of pyridine rings is 1. The summed E-state index contributed by atoms with van der Waals surface area (Å²) in [5.41, 5.74) is 9.93. The van der Waals surface area contributed by atoms with Gasteiger partial charge in [-0.2, -0.15) is 0 Å². The number of nitrogens with one attached hydrogen (secondary N) is 1. The van der Waals surface area contributed by atoms with Gasteiger partial charge in [-0.25, -0.2) is 0 Å². The Morgan fingerprint density at radius 3 is 2.81 bits per heavy atom. The highest BCUT2D eigenvalue weighted by atomic mass is 14.9. The molecule has 16 heavy (non-hydrogen) atoms. The number of hydrogen-bond donors (Lipinski definition) is 2. The van der Waals surface area contributed by atoms with E-state index >= 15 is 0 Å². The molecule has 3 nitrogen and oxygen atoms in total. The first-order chi connectivity index (χ1) is 7.70. The Hall–Kier alpha value is -1.61. The molecular weight excluding hydrogens is 198 g/mol. The van der Waals surface area contributed by atoms with Crippen LogP contribution in [0.15, 0.2) is 24.3 Å². The summed E-state index contributed by atoms with van der Waals surface area (Å²) in [5.74, 6) is 0. The number of nitrogens with zero attached hydrogens (tertiary/aromatic N) is 1. The predicted molar refractivity (Wildman–Crippen MR) is 68.8 cm³/mol. The van der Waals surface area contributed by atoms with Gasteiger partial charge in [-0.05, 0) is 32.0 Å². The molecule has 0 aliphatic carbocycles. The van der Waals surface area contributed by atoms with E-state index in [4.69, 9.17) is 5.73 Å². The van der Waals surface area contributed by atoms with Gasteiger partial charge in [-0.1, -0.05) is 11.6 Å². The standard InChI is InChI=1S/C13H17N3/c1-9-3-4-12-11(7-9)13(15-6-5-14)8-10(2)16-12/h3-4,7-8H,5-6,14H2,1-2H3,(H,15,16). The van der Waals surface area contributed by atoms with Gasteiger partial charge in [0.05, 0.1) is 5.52 Å².